The van der Waals surface area contributed by atoms with Crippen molar-refractivity contribution in [3.05, 3.63) is 60.7 Å². The van der Waals surface area contributed by atoms with Crippen LogP contribution in [0.5, 0.6) is 0 Å². The summed E-state index contributed by atoms with van der Waals surface area (Å²) in [5, 5.41) is 9.42. The van der Waals surface area contributed by atoms with Crippen LogP contribution in [0, 0.1) is 0 Å². The number of nitrogens with zero attached hydrogens (tertiary/aromatic N) is 2. The number of fused-ring (bicyclic) bond motifs is 1. The second-order valence-corrected chi connectivity index (χ2v) is 6.31. The highest BCUT2D eigenvalue weighted by molar-refractivity contribution is 7.85. The van der Waals surface area contributed by atoms with Crippen molar-refractivity contribution in [3.63, 3.8) is 0 Å². The first-order valence-corrected chi connectivity index (χ1v) is 8.16. The van der Waals surface area contributed by atoms with Gasteiger partial charge in [0.25, 0.3) is 10.1 Å². The maximum absolute atomic E-state index is 11.3. The summed E-state index contributed by atoms with van der Waals surface area (Å²) in [6.45, 7) is 0. The molecule has 0 fully saturated rings. The number of benzene rings is 3. The first kappa shape index (κ1) is 15.1. The molecule has 0 spiro atoms. The minimum atomic E-state index is -4.30. The number of azo groups is 1. The fraction of sp³-hybridized carbons (Fsp3) is 0. The van der Waals surface area contributed by atoms with E-state index in [9.17, 15) is 13.0 Å². The Morgan fingerprint density at radius 1 is 0.870 bits per heavy atom. The summed E-state index contributed by atoms with van der Waals surface area (Å²) in [6.07, 6.45) is 0. The molecule has 0 unspecified atom stereocenters. The molecule has 0 heterocycles. The van der Waals surface area contributed by atoms with Crippen molar-refractivity contribution in [2.75, 3.05) is 5.73 Å². The Bertz CT molecular complexity index is 1000. The molecule has 23 heavy (non-hydrogen) atoms. The number of hydrogen-bond acceptors (Lipinski definition) is 5. The molecule has 0 atom stereocenters. The van der Waals surface area contributed by atoms with Crippen molar-refractivity contribution in [1.82, 2.24) is 0 Å². The van der Waals surface area contributed by atoms with Gasteiger partial charge in [0.2, 0.25) is 0 Å². The predicted octanol–water partition coefficient (Wildman–Crippen LogP) is 4.08. The quantitative estimate of drug-likeness (QED) is 0.429. The number of anilines is 1. The Balaban J connectivity index is 2.16. The van der Waals surface area contributed by atoms with Gasteiger partial charge in [0.15, 0.2) is 0 Å². The van der Waals surface area contributed by atoms with Crippen molar-refractivity contribution < 1.29 is 13.0 Å². The Kier molecular flexibility index (Phi) is 3.81. The van der Waals surface area contributed by atoms with E-state index in [1.807, 2.05) is 18.2 Å². The summed E-state index contributed by atoms with van der Waals surface area (Å²) in [4.78, 5) is -0.216. The molecule has 0 aliphatic carbocycles. The maximum atomic E-state index is 11.3. The largest absolute Gasteiger partial charge is 0.398 e. The van der Waals surface area contributed by atoms with Gasteiger partial charge in [-0.2, -0.15) is 13.5 Å². The average Bonchev–Trinajstić information content (AvgIpc) is 2.54. The Morgan fingerprint density at radius 3 is 2.30 bits per heavy atom. The van der Waals surface area contributed by atoms with Crippen LogP contribution < -0.4 is 5.73 Å². The van der Waals surface area contributed by atoms with Crippen molar-refractivity contribution >= 4 is 38.0 Å². The van der Waals surface area contributed by atoms with Gasteiger partial charge in [0, 0.05) is 16.5 Å². The molecular formula is C16H13N3O3S. The highest BCUT2D eigenvalue weighted by atomic mass is 32.2. The van der Waals surface area contributed by atoms with Gasteiger partial charge in [-0.25, -0.2) is 0 Å². The Hall–Kier alpha value is -2.77. The zero-order chi connectivity index (χ0) is 16.4. The van der Waals surface area contributed by atoms with E-state index in [2.05, 4.69) is 10.2 Å². The van der Waals surface area contributed by atoms with Crippen LogP contribution in [0.25, 0.3) is 10.8 Å². The van der Waals surface area contributed by atoms with Crippen LogP contribution in [0.2, 0.25) is 0 Å². The number of nitrogens with two attached hydrogens (primary N) is 1. The van der Waals surface area contributed by atoms with E-state index in [1.54, 1.807) is 24.3 Å². The smallest absolute Gasteiger partial charge is 0.294 e. The second-order valence-electron chi connectivity index (χ2n) is 4.89. The van der Waals surface area contributed by atoms with Crippen LogP contribution in [0.3, 0.4) is 0 Å². The zero-order valence-corrected chi connectivity index (χ0v) is 12.7. The molecule has 7 heteroatoms. The molecule has 0 saturated heterocycles. The summed E-state index contributed by atoms with van der Waals surface area (Å²) < 4.78 is 31.8. The zero-order valence-electron chi connectivity index (χ0n) is 11.9. The van der Waals surface area contributed by atoms with E-state index in [-0.39, 0.29) is 4.90 Å². The predicted molar refractivity (Wildman–Crippen MR) is 88.8 cm³/mol. The monoisotopic (exact) mass is 327 g/mol. The van der Waals surface area contributed by atoms with E-state index < -0.39 is 10.1 Å². The molecule has 3 aromatic rings. The van der Waals surface area contributed by atoms with Gasteiger partial charge in [-0.3, -0.25) is 4.55 Å². The fourth-order valence-corrected chi connectivity index (χ4v) is 2.70. The third kappa shape index (κ3) is 3.20. The molecule has 3 aromatic carbocycles. The van der Waals surface area contributed by atoms with E-state index in [4.69, 9.17) is 5.73 Å². The Morgan fingerprint density at radius 2 is 1.61 bits per heavy atom. The van der Waals surface area contributed by atoms with Crippen LogP contribution in [0.1, 0.15) is 0 Å². The lowest BCUT2D eigenvalue weighted by Gasteiger charge is -2.06. The molecule has 0 aromatic heterocycles. The van der Waals surface area contributed by atoms with Crippen LogP contribution in [-0.4, -0.2) is 13.0 Å². The first-order chi connectivity index (χ1) is 10.9. The van der Waals surface area contributed by atoms with Gasteiger partial charge in [-0.1, -0.05) is 24.3 Å². The third-order valence-corrected chi connectivity index (χ3v) is 4.18. The van der Waals surface area contributed by atoms with Gasteiger partial charge in [-0.05, 0) is 36.4 Å². The second kappa shape index (κ2) is 5.79. The molecule has 6 nitrogen and oxygen atoms in total. The van der Waals surface area contributed by atoms with Gasteiger partial charge in [0.1, 0.15) is 0 Å². The Labute approximate surface area is 133 Å². The van der Waals surface area contributed by atoms with Crippen molar-refractivity contribution in [1.29, 1.82) is 0 Å². The van der Waals surface area contributed by atoms with Crippen LogP contribution in [-0.2, 0) is 10.1 Å². The molecule has 0 amide bonds. The summed E-state index contributed by atoms with van der Waals surface area (Å²) in [6, 6.07) is 16.6. The molecule has 116 valence electrons. The lowest BCUT2D eigenvalue weighted by molar-refractivity contribution is 0.483. The molecule has 0 aliphatic rings. The topological polar surface area (TPSA) is 105 Å². The average molecular weight is 327 g/mol. The van der Waals surface area contributed by atoms with Crippen LogP contribution in [0.15, 0.2) is 75.8 Å². The lowest BCUT2D eigenvalue weighted by Crippen LogP contribution is -1.98. The minimum absolute atomic E-state index is 0.216. The molecule has 0 saturated carbocycles. The van der Waals surface area contributed by atoms with Crippen molar-refractivity contribution in [2.45, 2.75) is 4.90 Å². The highest BCUT2D eigenvalue weighted by Crippen LogP contribution is 2.33. The van der Waals surface area contributed by atoms with Crippen LogP contribution >= 0.6 is 0 Å². The van der Waals surface area contributed by atoms with E-state index >= 15 is 0 Å². The molecule has 3 rings (SSSR count). The molecular weight excluding hydrogens is 314 g/mol. The van der Waals surface area contributed by atoms with Crippen LogP contribution in [0.4, 0.5) is 17.1 Å². The van der Waals surface area contributed by atoms with Gasteiger partial charge >= 0.3 is 0 Å². The number of hydrogen-bond donors (Lipinski definition) is 2. The fourth-order valence-electron chi connectivity index (χ4n) is 2.19. The summed E-state index contributed by atoms with van der Waals surface area (Å²) in [5.74, 6) is 0. The lowest BCUT2D eigenvalue weighted by atomic mass is 10.1. The maximum Gasteiger partial charge on any atom is 0.294 e. The van der Waals surface area contributed by atoms with Gasteiger partial charge in [0.05, 0.1) is 16.3 Å². The van der Waals surface area contributed by atoms with E-state index in [0.717, 1.165) is 0 Å². The first-order valence-electron chi connectivity index (χ1n) is 6.72. The SMILES string of the molecule is Nc1ccc(N=Nc2ccccc2)c2cc(S(=O)(=O)O)ccc12. The highest BCUT2D eigenvalue weighted by Gasteiger charge is 2.12. The number of rotatable bonds is 3. The third-order valence-electron chi connectivity index (χ3n) is 3.33. The number of nitrogen functional groups attached to an aromatic ring is 1. The van der Waals surface area contributed by atoms with Crippen molar-refractivity contribution in [3.8, 4) is 0 Å². The molecule has 3 N–H and O–H groups in total. The van der Waals surface area contributed by atoms with Crippen molar-refractivity contribution in [2.24, 2.45) is 10.2 Å². The van der Waals surface area contributed by atoms with Gasteiger partial charge < -0.3 is 5.73 Å². The molecule has 0 radical (unpaired) electrons. The minimum Gasteiger partial charge on any atom is -0.398 e. The van der Waals surface area contributed by atoms with E-state index in [1.165, 1.54) is 18.2 Å². The summed E-state index contributed by atoms with van der Waals surface area (Å²) >= 11 is 0. The summed E-state index contributed by atoms with van der Waals surface area (Å²) in [7, 11) is -4.30. The molecule has 0 bridgehead atoms. The standard InChI is InChI=1S/C16H13N3O3S/c17-15-8-9-16(19-18-11-4-2-1-3-5-11)14-10-12(23(20,21)22)6-7-13(14)15/h1-10H,17H2,(H,20,21,22). The molecule has 0 aliphatic heterocycles. The summed E-state index contributed by atoms with van der Waals surface area (Å²) in [5.41, 5.74) is 7.53. The normalized spacial score (nSPS) is 12.0. The van der Waals surface area contributed by atoms with E-state index in [0.29, 0.717) is 27.8 Å². The van der Waals surface area contributed by atoms with Gasteiger partial charge in [-0.15, -0.1) is 5.11 Å².